The maximum absolute atomic E-state index is 11.2. The van der Waals surface area contributed by atoms with Crippen LogP contribution in [0.4, 0.5) is 0 Å². The van der Waals surface area contributed by atoms with Crippen LogP contribution in [-0.4, -0.2) is 17.5 Å². The summed E-state index contributed by atoms with van der Waals surface area (Å²) in [5, 5.41) is 0. The van der Waals surface area contributed by atoms with E-state index in [-0.39, 0.29) is 12.5 Å². The Kier molecular flexibility index (Phi) is 4.32. The van der Waals surface area contributed by atoms with Gasteiger partial charge in [0, 0.05) is 23.5 Å². The Morgan fingerprint density at radius 1 is 1.40 bits per heavy atom. The van der Waals surface area contributed by atoms with Crippen LogP contribution >= 0.6 is 0 Å². The molecule has 0 saturated heterocycles. The van der Waals surface area contributed by atoms with Gasteiger partial charge in [-0.25, -0.2) is 5.84 Å². The van der Waals surface area contributed by atoms with Crippen molar-refractivity contribution in [2.75, 3.05) is 6.61 Å². The van der Waals surface area contributed by atoms with E-state index in [0.717, 1.165) is 22.3 Å². The van der Waals surface area contributed by atoms with Gasteiger partial charge in [-0.2, -0.15) is 0 Å². The van der Waals surface area contributed by atoms with E-state index in [2.05, 4.69) is 4.98 Å². The Labute approximate surface area is 117 Å². The second-order valence-electron chi connectivity index (χ2n) is 4.56. The number of rotatable bonds is 4. The minimum absolute atomic E-state index is 0.117. The molecule has 1 heterocycles. The van der Waals surface area contributed by atoms with Crippen molar-refractivity contribution in [3.8, 4) is 16.9 Å². The molecule has 0 saturated carbocycles. The first-order chi connectivity index (χ1) is 9.61. The van der Waals surface area contributed by atoms with E-state index >= 15 is 0 Å². The van der Waals surface area contributed by atoms with Crippen LogP contribution in [0.1, 0.15) is 11.1 Å². The van der Waals surface area contributed by atoms with Crippen LogP contribution in [-0.2, 0) is 4.79 Å². The van der Waals surface area contributed by atoms with Crippen LogP contribution in [0.2, 0.25) is 0 Å². The lowest BCUT2D eigenvalue weighted by atomic mass is 10.0. The lowest BCUT2D eigenvalue weighted by Gasteiger charge is -2.15. The smallest absolute Gasteiger partial charge is 0.271 e. The van der Waals surface area contributed by atoms with Gasteiger partial charge in [0.1, 0.15) is 5.75 Å². The molecule has 1 aromatic carbocycles. The Morgan fingerprint density at radius 2 is 2.20 bits per heavy atom. The Balaban J connectivity index is 2.41. The molecule has 1 aromatic heterocycles. The summed E-state index contributed by atoms with van der Waals surface area (Å²) in [6, 6.07) is 7.84. The molecule has 0 atom stereocenters. The first kappa shape index (κ1) is 14.0. The zero-order chi connectivity index (χ0) is 14.5. The first-order valence-electron chi connectivity index (χ1n) is 6.25. The fourth-order valence-corrected chi connectivity index (χ4v) is 2.06. The molecule has 0 radical (unpaired) electrons. The number of carbonyl (C=O) groups excluding carboxylic acids is 1. The average Bonchev–Trinajstić information content (AvgIpc) is 2.46. The highest BCUT2D eigenvalue weighted by Gasteiger charge is 2.12. The van der Waals surface area contributed by atoms with Gasteiger partial charge in [-0.15, -0.1) is 0 Å². The van der Waals surface area contributed by atoms with E-state index in [4.69, 9.17) is 10.6 Å². The molecule has 0 fully saturated rings. The number of hydrogen-bond donors (Lipinski definition) is 2. The van der Waals surface area contributed by atoms with Gasteiger partial charge in [-0.3, -0.25) is 15.2 Å². The van der Waals surface area contributed by atoms with Gasteiger partial charge in [0.15, 0.2) is 6.61 Å². The maximum Gasteiger partial charge on any atom is 0.271 e. The number of nitrogens with two attached hydrogens (primary N) is 1. The number of hydrazine groups is 1. The summed E-state index contributed by atoms with van der Waals surface area (Å²) in [6.45, 7) is 3.85. The molecule has 0 aliphatic heterocycles. The standard InChI is InChI=1S/C15H17N3O2/c1-10-6-11(2)15(20-9-14(19)18-16)13(7-10)12-4-3-5-17-8-12/h3-8H,9,16H2,1-2H3,(H,18,19). The van der Waals surface area contributed by atoms with Crippen LogP contribution < -0.4 is 16.0 Å². The number of amides is 1. The molecule has 0 aliphatic rings. The number of aryl methyl sites for hydroxylation is 2. The molecule has 104 valence electrons. The minimum Gasteiger partial charge on any atom is -0.483 e. The van der Waals surface area contributed by atoms with E-state index in [1.165, 1.54) is 0 Å². The van der Waals surface area contributed by atoms with Crippen molar-refractivity contribution in [3.05, 3.63) is 47.8 Å². The predicted octanol–water partition coefficient (Wildman–Crippen LogP) is 1.73. The Morgan fingerprint density at radius 3 is 2.85 bits per heavy atom. The zero-order valence-corrected chi connectivity index (χ0v) is 11.5. The summed E-state index contributed by atoms with van der Waals surface area (Å²) in [6.07, 6.45) is 3.48. The van der Waals surface area contributed by atoms with Crippen LogP contribution in [0.5, 0.6) is 5.75 Å². The zero-order valence-electron chi connectivity index (χ0n) is 11.5. The van der Waals surface area contributed by atoms with Crippen molar-refractivity contribution in [1.82, 2.24) is 10.4 Å². The number of aromatic nitrogens is 1. The summed E-state index contributed by atoms with van der Waals surface area (Å²) in [5.41, 5.74) is 6.00. The SMILES string of the molecule is Cc1cc(C)c(OCC(=O)NN)c(-c2cccnc2)c1. The van der Waals surface area contributed by atoms with Gasteiger partial charge in [-0.1, -0.05) is 12.1 Å². The molecule has 0 spiro atoms. The number of carbonyl (C=O) groups is 1. The summed E-state index contributed by atoms with van der Waals surface area (Å²) < 4.78 is 5.61. The van der Waals surface area contributed by atoms with Gasteiger partial charge in [0.05, 0.1) is 0 Å². The lowest BCUT2D eigenvalue weighted by Crippen LogP contribution is -2.34. The molecule has 3 N–H and O–H groups in total. The largest absolute Gasteiger partial charge is 0.483 e. The van der Waals surface area contributed by atoms with Gasteiger partial charge in [0.25, 0.3) is 5.91 Å². The van der Waals surface area contributed by atoms with Crippen molar-refractivity contribution >= 4 is 5.91 Å². The van der Waals surface area contributed by atoms with E-state index in [0.29, 0.717) is 5.75 Å². The highest BCUT2D eigenvalue weighted by atomic mass is 16.5. The van der Waals surface area contributed by atoms with Crippen LogP contribution in [0, 0.1) is 13.8 Å². The van der Waals surface area contributed by atoms with Gasteiger partial charge < -0.3 is 4.74 Å². The fourth-order valence-electron chi connectivity index (χ4n) is 2.06. The molecular formula is C15H17N3O2. The predicted molar refractivity (Wildman–Crippen MR) is 77.0 cm³/mol. The fraction of sp³-hybridized carbons (Fsp3) is 0.200. The van der Waals surface area contributed by atoms with Crippen molar-refractivity contribution in [2.45, 2.75) is 13.8 Å². The number of pyridine rings is 1. The molecule has 5 nitrogen and oxygen atoms in total. The summed E-state index contributed by atoms with van der Waals surface area (Å²) in [7, 11) is 0. The molecule has 0 unspecified atom stereocenters. The minimum atomic E-state index is -0.373. The normalized spacial score (nSPS) is 10.2. The molecule has 20 heavy (non-hydrogen) atoms. The van der Waals surface area contributed by atoms with Gasteiger partial charge in [-0.05, 0) is 37.1 Å². The third-order valence-corrected chi connectivity index (χ3v) is 2.90. The highest BCUT2D eigenvalue weighted by molar-refractivity contribution is 5.78. The second kappa shape index (κ2) is 6.16. The van der Waals surface area contributed by atoms with Crippen molar-refractivity contribution in [3.63, 3.8) is 0 Å². The first-order valence-corrected chi connectivity index (χ1v) is 6.25. The highest BCUT2D eigenvalue weighted by Crippen LogP contribution is 2.33. The van der Waals surface area contributed by atoms with E-state index in [1.807, 2.05) is 43.5 Å². The molecule has 0 aliphatic carbocycles. The van der Waals surface area contributed by atoms with Crippen molar-refractivity contribution in [2.24, 2.45) is 5.84 Å². The van der Waals surface area contributed by atoms with Gasteiger partial charge >= 0.3 is 0 Å². The molecule has 2 aromatic rings. The quantitative estimate of drug-likeness (QED) is 0.504. The van der Waals surface area contributed by atoms with E-state index < -0.39 is 0 Å². The third-order valence-electron chi connectivity index (χ3n) is 2.90. The van der Waals surface area contributed by atoms with Gasteiger partial charge in [0.2, 0.25) is 0 Å². The number of hydrogen-bond acceptors (Lipinski definition) is 4. The number of nitrogens with one attached hydrogen (secondary N) is 1. The summed E-state index contributed by atoms with van der Waals surface area (Å²) >= 11 is 0. The van der Waals surface area contributed by atoms with Crippen molar-refractivity contribution in [1.29, 1.82) is 0 Å². The van der Waals surface area contributed by atoms with Crippen molar-refractivity contribution < 1.29 is 9.53 Å². The topological polar surface area (TPSA) is 77.2 Å². The van der Waals surface area contributed by atoms with Crippen LogP contribution in [0.15, 0.2) is 36.7 Å². The average molecular weight is 271 g/mol. The number of benzene rings is 1. The maximum atomic E-state index is 11.2. The Bertz CT molecular complexity index is 612. The molecular weight excluding hydrogens is 254 g/mol. The molecule has 1 amide bonds. The number of ether oxygens (including phenoxy) is 1. The Hall–Kier alpha value is -2.40. The molecule has 5 heteroatoms. The number of nitrogens with zero attached hydrogens (tertiary/aromatic N) is 1. The van der Waals surface area contributed by atoms with E-state index in [1.54, 1.807) is 12.4 Å². The molecule has 0 bridgehead atoms. The van der Waals surface area contributed by atoms with Crippen LogP contribution in [0.3, 0.4) is 0 Å². The summed E-state index contributed by atoms with van der Waals surface area (Å²) in [5.74, 6) is 5.36. The lowest BCUT2D eigenvalue weighted by molar-refractivity contribution is -0.123. The molecule has 2 rings (SSSR count). The second-order valence-corrected chi connectivity index (χ2v) is 4.56. The van der Waals surface area contributed by atoms with Crippen LogP contribution in [0.25, 0.3) is 11.1 Å². The third kappa shape index (κ3) is 3.13. The monoisotopic (exact) mass is 271 g/mol. The van der Waals surface area contributed by atoms with E-state index in [9.17, 15) is 4.79 Å². The summed E-state index contributed by atoms with van der Waals surface area (Å²) in [4.78, 5) is 15.4.